The van der Waals surface area contributed by atoms with Gasteiger partial charge in [-0.05, 0) is 18.6 Å². The van der Waals surface area contributed by atoms with Gasteiger partial charge in [0.15, 0.2) is 5.78 Å². The molecule has 0 radical (unpaired) electrons. The second-order valence-corrected chi connectivity index (χ2v) is 9.75. The summed E-state index contributed by atoms with van der Waals surface area (Å²) in [6.45, 7) is 2.26. The monoisotopic (exact) mass is 475 g/mol. The minimum atomic E-state index is -1.09. The summed E-state index contributed by atoms with van der Waals surface area (Å²) in [6.07, 6.45) is 19.5. The maximum Gasteiger partial charge on any atom is 0.353 e. The fourth-order valence-electron chi connectivity index (χ4n) is 4.75. The molecule has 0 saturated carbocycles. The molecular formula is C28H42ClNO3. The summed E-state index contributed by atoms with van der Waals surface area (Å²) < 4.78 is 1.56. The van der Waals surface area contributed by atoms with Crippen LogP contribution >= 0.6 is 11.6 Å². The highest BCUT2D eigenvalue weighted by Gasteiger charge is 2.26. The normalized spacial score (nSPS) is 11.4. The molecule has 0 aliphatic carbocycles. The molecule has 0 bridgehead atoms. The Morgan fingerprint density at radius 3 is 1.79 bits per heavy atom. The Balaban J connectivity index is 1.63. The average Bonchev–Trinajstić information content (AvgIpc) is 3.10. The maximum absolute atomic E-state index is 12.9. The molecule has 0 aliphatic rings. The maximum atomic E-state index is 12.9. The highest BCUT2D eigenvalue weighted by Crippen LogP contribution is 2.33. The molecule has 0 amide bonds. The number of ketones is 1. The lowest BCUT2D eigenvalue weighted by molar-refractivity contribution is 0.0682. The highest BCUT2D eigenvalue weighted by atomic mass is 35.5. The van der Waals surface area contributed by atoms with Crippen molar-refractivity contribution in [3.8, 4) is 0 Å². The molecule has 0 spiro atoms. The molecule has 0 atom stereocenters. The third kappa shape index (κ3) is 8.48. The zero-order valence-corrected chi connectivity index (χ0v) is 21.4. The summed E-state index contributed by atoms with van der Waals surface area (Å²) in [4.78, 5) is 24.8. The number of carboxylic acids is 1. The Hall–Kier alpha value is -1.81. The Labute approximate surface area is 204 Å². The van der Waals surface area contributed by atoms with Gasteiger partial charge in [-0.3, -0.25) is 4.79 Å². The molecule has 0 saturated heterocycles. The van der Waals surface area contributed by atoms with Gasteiger partial charge in [0.25, 0.3) is 0 Å². The van der Waals surface area contributed by atoms with E-state index in [9.17, 15) is 14.7 Å². The molecule has 2 rings (SSSR count). The average molecular weight is 476 g/mol. The van der Waals surface area contributed by atoms with Gasteiger partial charge in [0, 0.05) is 18.9 Å². The lowest BCUT2D eigenvalue weighted by Gasteiger charge is -2.05. The van der Waals surface area contributed by atoms with Gasteiger partial charge in [0.2, 0.25) is 0 Å². The number of hydrogen-bond acceptors (Lipinski definition) is 2. The van der Waals surface area contributed by atoms with Gasteiger partial charge in [-0.15, -0.1) is 0 Å². The van der Waals surface area contributed by atoms with E-state index in [2.05, 4.69) is 6.92 Å². The van der Waals surface area contributed by atoms with Crippen LogP contribution in [0.5, 0.6) is 0 Å². The molecule has 4 nitrogen and oxygen atoms in total. The molecule has 1 N–H and O–H groups in total. The predicted molar refractivity (Wildman–Crippen MR) is 139 cm³/mol. The van der Waals surface area contributed by atoms with E-state index in [1.807, 2.05) is 0 Å². The number of hydrogen-bond donors (Lipinski definition) is 1. The predicted octanol–water partition coefficient (Wildman–Crippen LogP) is 8.97. The third-order valence-corrected chi connectivity index (χ3v) is 6.98. The van der Waals surface area contributed by atoms with E-state index in [0.717, 1.165) is 19.3 Å². The molecule has 33 heavy (non-hydrogen) atoms. The Bertz CT molecular complexity index is 887. The number of aryl methyl sites for hydroxylation is 1. The van der Waals surface area contributed by atoms with Crippen molar-refractivity contribution in [1.29, 1.82) is 0 Å². The van der Waals surface area contributed by atoms with Crippen LogP contribution in [-0.2, 0) is 7.05 Å². The number of unbranched alkanes of at least 4 members (excludes halogenated alkanes) is 14. The van der Waals surface area contributed by atoms with Gasteiger partial charge < -0.3 is 9.67 Å². The number of fused-ring (bicyclic) bond motifs is 1. The van der Waals surface area contributed by atoms with Crippen LogP contribution in [0.1, 0.15) is 131 Å². The van der Waals surface area contributed by atoms with Gasteiger partial charge in [-0.25, -0.2) is 4.79 Å². The van der Waals surface area contributed by atoms with E-state index in [1.54, 1.807) is 29.8 Å². The standard InChI is InChI=1S/C28H42ClNO3/c1-3-4-5-6-7-8-9-10-11-12-13-14-15-16-17-21-24(31)26-25-22(29)19-18-20-23(25)30(2)27(26)28(32)33/h18-20H,3-17,21H2,1-2H3,(H,32,33). The summed E-state index contributed by atoms with van der Waals surface area (Å²) >= 11 is 6.34. The topological polar surface area (TPSA) is 59.3 Å². The van der Waals surface area contributed by atoms with Gasteiger partial charge >= 0.3 is 5.97 Å². The summed E-state index contributed by atoms with van der Waals surface area (Å²) in [6, 6.07) is 5.29. The largest absolute Gasteiger partial charge is 0.477 e. The number of carbonyl (C=O) groups is 2. The van der Waals surface area contributed by atoms with Crippen molar-refractivity contribution in [2.75, 3.05) is 0 Å². The lowest BCUT2D eigenvalue weighted by Crippen LogP contribution is -2.11. The SMILES string of the molecule is CCCCCCCCCCCCCCCCCC(=O)c1c(C(=O)O)n(C)c2cccc(Cl)c12. The van der Waals surface area contributed by atoms with Crippen LogP contribution in [0.3, 0.4) is 0 Å². The molecule has 0 fully saturated rings. The molecular weight excluding hydrogens is 434 g/mol. The first kappa shape index (κ1) is 27.4. The minimum Gasteiger partial charge on any atom is -0.477 e. The Morgan fingerprint density at radius 2 is 1.30 bits per heavy atom. The second-order valence-electron chi connectivity index (χ2n) is 9.34. The summed E-state index contributed by atoms with van der Waals surface area (Å²) in [5.74, 6) is -1.22. The number of halogens is 1. The van der Waals surface area contributed by atoms with Crippen LogP contribution in [0.4, 0.5) is 0 Å². The zero-order valence-electron chi connectivity index (χ0n) is 20.6. The number of aromatic nitrogens is 1. The molecule has 5 heteroatoms. The molecule has 0 unspecified atom stereocenters. The molecule has 2 aromatic rings. The van der Waals surface area contributed by atoms with Crippen molar-refractivity contribution in [3.05, 3.63) is 34.5 Å². The fourth-order valence-corrected chi connectivity index (χ4v) is 5.01. The van der Waals surface area contributed by atoms with Crippen LogP contribution in [0.15, 0.2) is 18.2 Å². The van der Waals surface area contributed by atoms with Crippen LogP contribution in [0.25, 0.3) is 10.9 Å². The molecule has 0 aliphatic heterocycles. The zero-order chi connectivity index (χ0) is 24.1. The van der Waals surface area contributed by atoms with Crippen LogP contribution in [0, 0.1) is 0 Å². The van der Waals surface area contributed by atoms with E-state index in [1.165, 1.54) is 77.0 Å². The van der Waals surface area contributed by atoms with Gasteiger partial charge in [-0.2, -0.15) is 0 Å². The van der Waals surface area contributed by atoms with Crippen molar-refractivity contribution in [2.24, 2.45) is 7.05 Å². The minimum absolute atomic E-state index is 0.0315. The number of carbonyl (C=O) groups excluding carboxylic acids is 1. The number of nitrogens with zero attached hydrogens (tertiary/aromatic N) is 1. The smallest absolute Gasteiger partial charge is 0.353 e. The summed E-state index contributed by atoms with van der Waals surface area (Å²) in [5, 5.41) is 10.7. The number of carboxylic acid groups (broad SMARTS) is 1. The molecule has 1 heterocycles. The third-order valence-electron chi connectivity index (χ3n) is 6.66. The van der Waals surface area contributed by atoms with Crippen molar-refractivity contribution in [1.82, 2.24) is 4.57 Å². The van der Waals surface area contributed by atoms with Gasteiger partial charge in [0.1, 0.15) is 5.69 Å². The van der Waals surface area contributed by atoms with Crippen molar-refractivity contribution in [3.63, 3.8) is 0 Å². The molecule has 184 valence electrons. The van der Waals surface area contributed by atoms with E-state index in [4.69, 9.17) is 11.6 Å². The van der Waals surface area contributed by atoms with E-state index in [-0.39, 0.29) is 17.0 Å². The van der Waals surface area contributed by atoms with Gasteiger partial charge in [-0.1, -0.05) is 114 Å². The van der Waals surface area contributed by atoms with E-state index < -0.39 is 5.97 Å². The Morgan fingerprint density at radius 1 is 0.818 bits per heavy atom. The molecule has 1 aromatic heterocycles. The first-order valence-corrected chi connectivity index (χ1v) is 13.4. The van der Waals surface area contributed by atoms with Gasteiger partial charge in [0.05, 0.1) is 16.1 Å². The first-order chi connectivity index (χ1) is 16.0. The first-order valence-electron chi connectivity index (χ1n) is 13.0. The van der Waals surface area contributed by atoms with E-state index in [0.29, 0.717) is 22.3 Å². The van der Waals surface area contributed by atoms with Crippen LogP contribution in [0.2, 0.25) is 5.02 Å². The lowest BCUT2D eigenvalue weighted by atomic mass is 10.00. The number of aromatic carboxylic acids is 1. The van der Waals surface area contributed by atoms with E-state index >= 15 is 0 Å². The summed E-state index contributed by atoms with van der Waals surface area (Å²) in [7, 11) is 1.67. The van der Waals surface area contributed by atoms with Crippen LogP contribution < -0.4 is 0 Å². The van der Waals surface area contributed by atoms with Crippen molar-refractivity contribution >= 4 is 34.3 Å². The van der Waals surface area contributed by atoms with Crippen molar-refractivity contribution in [2.45, 2.75) is 110 Å². The van der Waals surface area contributed by atoms with Crippen molar-refractivity contribution < 1.29 is 14.7 Å². The second kappa shape index (κ2) is 15.2. The quantitative estimate of drug-likeness (QED) is 0.173. The summed E-state index contributed by atoms with van der Waals surface area (Å²) in [5.41, 5.74) is 0.972. The number of benzene rings is 1. The fraction of sp³-hybridized carbons (Fsp3) is 0.643. The Kier molecular flexibility index (Phi) is 12.6. The highest BCUT2D eigenvalue weighted by molar-refractivity contribution is 6.37. The molecule has 1 aromatic carbocycles. The number of Topliss-reactive ketones (excluding diaryl/α,β-unsaturated/α-hetero) is 1. The van der Waals surface area contributed by atoms with Crippen LogP contribution in [-0.4, -0.2) is 21.4 Å². The number of rotatable bonds is 18.